The highest BCUT2D eigenvalue weighted by Gasteiger charge is 2.34. The molecule has 1 aromatic carbocycles. The monoisotopic (exact) mass is 515 g/mol. The number of halogens is 3. The molecule has 0 aliphatic carbocycles. The zero-order valence-electron chi connectivity index (χ0n) is 16.0. The van der Waals surface area contributed by atoms with Crippen LogP contribution in [0, 0.1) is 5.41 Å². The SMILES string of the molecule is CN=C(NCc1ccc(OC)c(OC(F)F)c1)NCC1(CCO)CCOC1.I. The second-order valence-electron chi connectivity index (χ2n) is 6.42. The first kappa shape index (κ1) is 24.6. The Bertz CT molecular complexity index is 629. The molecule has 1 aliphatic rings. The van der Waals surface area contributed by atoms with E-state index in [0.29, 0.717) is 38.7 Å². The van der Waals surface area contributed by atoms with Gasteiger partial charge in [0, 0.05) is 38.8 Å². The topological polar surface area (TPSA) is 84.3 Å². The number of guanidine groups is 1. The molecule has 1 atom stereocenters. The molecule has 1 heterocycles. The van der Waals surface area contributed by atoms with Crippen LogP contribution in [0.4, 0.5) is 8.78 Å². The molecule has 7 nitrogen and oxygen atoms in total. The third-order valence-corrected chi connectivity index (χ3v) is 4.59. The third kappa shape index (κ3) is 7.21. The fraction of sp³-hybridized carbons (Fsp3) is 0.611. The lowest BCUT2D eigenvalue weighted by Gasteiger charge is -2.27. The van der Waals surface area contributed by atoms with Crippen molar-refractivity contribution in [3.63, 3.8) is 0 Å². The van der Waals surface area contributed by atoms with Crippen LogP contribution in [0.1, 0.15) is 18.4 Å². The van der Waals surface area contributed by atoms with Crippen molar-refractivity contribution < 1.29 is 28.1 Å². The van der Waals surface area contributed by atoms with Gasteiger partial charge in [-0.1, -0.05) is 6.07 Å². The molecule has 2 rings (SSSR count). The number of rotatable bonds is 9. The number of hydrogen-bond donors (Lipinski definition) is 3. The van der Waals surface area contributed by atoms with Gasteiger partial charge in [0.2, 0.25) is 0 Å². The normalized spacial score (nSPS) is 19.3. The lowest BCUT2D eigenvalue weighted by Crippen LogP contribution is -2.44. The molecule has 3 N–H and O–H groups in total. The highest BCUT2D eigenvalue weighted by molar-refractivity contribution is 14.0. The van der Waals surface area contributed by atoms with E-state index >= 15 is 0 Å². The maximum absolute atomic E-state index is 12.5. The number of alkyl halides is 2. The number of methoxy groups -OCH3 is 1. The molecule has 0 bridgehead atoms. The fourth-order valence-corrected chi connectivity index (χ4v) is 3.01. The molecule has 1 aromatic rings. The van der Waals surface area contributed by atoms with Gasteiger partial charge in [0.15, 0.2) is 17.5 Å². The van der Waals surface area contributed by atoms with Gasteiger partial charge < -0.3 is 30.0 Å². The number of aliphatic hydroxyl groups excluding tert-OH is 1. The van der Waals surface area contributed by atoms with Crippen LogP contribution in [0.25, 0.3) is 0 Å². The summed E-state index contributed by atoms with van der Waals surface area (Å²) in [5.41, 5.74) is 0.633. The first-order valence-corrected chi connectivity index (χ1v) is 8.77. The zero-order chi connectivity index (χ0) is 19.7. The van der Waals surface area contributed by atoms with Gasteiger partial charge in [-0.05, 0) is 30.5 Å². The second-order valence-corrected chi connectivity index (χ2v) is 6.42. The molecule has 0 amide bonds. The lowest BCUT2D eigenvalue weighted by molar-refractivity contribution is -0.0512. The minimum absolute atomic E-state index is 0. The summed E-state index contributed by atoms with van der Waals surface area (Å²) >= 11 is 0. The van der Waals surface area contributed by atoms with Crippen molar-refractivity contribution in [3.05, 3.63) is 23.8 Å². The van der Waals surface area contributed by atoms with Crippen molar-refractivity contribution in [2.75, 3.05) is 40.5 Å². The van der Waals surface area contributed by atoms with Crippen LogP contribution in [-0.4, -0.2) is 58.2 Å². The first-order valence-electron chi connectivity index (χ1n) is 8.77. The zero-order valence-corrected chi connectivity index (χ0v) is 18.4. The number of benzene rings is 1. The molecule has 1 aliphatic heterocycles. The van der Waals surface area contributed by atoms with Gasteiger partial charge in [-0.15, -0.1) is 24.0 Å². The molecule has 1 fully saturated rings. The summed E-state index contributed by atoms with van der Waals surface area (Å²) in [6.45, 7) is -0.539. The number of hydrogen-bond acceptors (Lipinski definition) is 5. The van der Waals surface area contributed by atoms with Crippen molar-refractivity contribution in [2.45, 2.75) is 26.0 Å². The van der Waals surface area contributed by atoms with E-state index in [1.807, 2.05) is 0 Å². The van der Waals surface area contributed by atoms with Crippen molar-refractivity contribution in [2.24, 2.45) is 10.4 Å². The summed E-state index contributed by atoms with van der Waals surface area (Å²) < 4.78 is 40.1. The van der Waals surface area contributed by atoms with Gasteiger partial charge in [-0.2, -0.15) is 8.78 Å². The van der Waals surface area contributed by atoms with Crippen LogP contribution in [0.3, 0.4) is 0 Å². The van der Waals surface area contributed by atoms with Crippen molar-refractivity contribution in [1.82, 2.24) is 10.6 Å². The number of nitrogens with one attached hydrogen (secondary N) is 2. The molecule has 28 heavy (non-hydrogen) atoms. The molecule has 0 spiro atoms. The predicted molar refractivity (Wildman–Crippen MR) is 113 cm³/mol. The van der Waals surface area contributed by atoms with Gasteiger partial charge >= 0.3 is 6.61 Å². The Labute approximate surface area is 180 Å². The number of aliphatic imine (C=N–C) groups is 1. The molecule has 10 heteroatoms. The molecule has 0 aromatic heterocycles. The summed E-state index contributed by atoms with van der Waals surface area (Å²) in [7, 11) is 3.05. The Hall–Kier alpha value is -1.40. The van der Waals surface area contributed by atoms with Crippen molar-refractivity contribution in [1.29, 1.82) is 0 Å². The Morgan fingerprint density at radius 1 is 1.36 bits per heavy atom. The summed E-state index contributed by atoms with van der Waals surface area (Å²) in [6, 6.07) is 4.84. The van der Waals surface area contributed by atoms with E-state index in [0.717, 1.165) is 12.0 Å². The van der Waals surface area contributed by atoms with E-state index in [4.69, 9.17) is 9.47 Å². The van der Waals surface area contributed by atoms with Gasteiger partial charge in [0.05, 0.1) is 13.7 Å². The minimum Gasteiger partial charge on any atom is -0.493 e. The van der Waals surface area contributed by atoms with Gasteiger partial charge in [0.25, 0.3) is 0 Å². The largest absolute Gasteiger partial charge is 0.493 e. The van der Waals surface area contributed by atoms with E-state index < -0.39 is 6.61 Å². The van der Waals surface area contributed by atoms with Gasteiger partial charge in [0.1, 0.15) is 0 Å². The lowest BCUT2D eigenvalue weighted by atomic mass is 9.84. The highest BCUT2D eigenvalue weighted by Crippen LogP contribution is 2.31. The molecular formula is C18H28F2IN3O4. The molecular weight excluding hydrogens is 487 g/mol. The Morgan fingerprint density at radius 2 is 2.14 bits per heavy atom. The fourth-order valence-electron chi connectivity index (χ4n) is 3.01. The quantitative estimate of drug-likeness (QED) is 0.266. The maximum Gasteiger partial charge on any atom is 0.387 e. The Balaban J connectivity index is 0.00000392. The van der Waals surface area contributed by atoms with Crippen LogP contribution in [0.5, 0.6) is 11.5 Å². The van der Waals surface area contributed by atoms with Gasteiger partial charge in [-0.25, -0.2) is 0 Å². The number of nitrogens with zero attached hydrogens (tertiary/aromatic N) is 1. The van der Waals surface area contributed by atoms with Crippen LogP contribution < -0.4 is 20.1 Å². The first-order chi connectivity index (χ1) is 13.0. The third-order valence-electron chi connectivity index (χ3n) is 4.59. The van der Waals surface area contributed by atoms with Crippen LogP contribution >= 0.6 is 24.0 Å². The van der Waals surface area contributed by atoms with Crippen LogP contribution in [-0.2, 0) is 11.3 Å². The molecule has 0 radical (unpaired) electrons. The average molecular weight is 515 g/mol. The maximum atomic E-state index is 12.5. The summed E-state index contributed by atoms with van der Waals surface area (Å²) in [6.07, 6.45) is 1.54. The van der Waals surface area contributed by atoms with E-state index in [9.17, 15) is 13.9 Å². The summed E-state index contributed by atoms with van der Waals surface area (Å²) in [5.74, 6) is 0.805. The molecule has 1 unspecified atom stereocenters. The highest BCUT2D eigenvalue weighted by atomic mass is 127. The minimum atomic E-state index is -2.92. The summed E-state index contributed by atoms with van der Waals surface area (Å²) in [4.78, 5) is 4.18. The van der Waals surface area contributed by atoms with E-state index in [1.165, 1.54) is 13.2 Å². The average Bonchev–Trinajstić information content (AvgIpc) is 3.10. The number of ether oxygens (including phenoxy) is 3. The second kappa shape index (κ2) is 12.2. The smallest absolute Gasteiger partial charge is 0.387 e. The van der Waals surface area contributed by atoms with Crippen LogP contribution in [0.2, 0.25) is 0 Å². The van der Waals surface area contributed by atoms with Crippen LogP contribution in [0.15, 0.2) is 23.2 Å². The number of aliphatic hydroxyl groups is 1. The standard InChI is InChI=1S/C18H27F2N3O4.HI/c1-21-17(23-11-18(5-7-24)6-8-26-12-18)22-10-13-3-4-14(25-2)15(9-13)27-16(19)20;/h3-4,9,16,24H,5-8,10-12H2,1-2H3,(H2,21,22,23);1H. The van der Waals surface area contributed by atoms with E-state index in [-0.39, 0.29) is 47.5 Å². The summed E-state index contributed by atoms with van der Waals surface area (Å²) in [5, 5.41) is 15.7. The van der Waals surface area contributed by atoms with Crippen molar-refractivity contribution >= 4 is 29.9 Å². The van der Waals surface area contributed by atoms with Gasteiger partial charge in [-0.3, -0.25) is 4.99 Å². The predicted octanol–water partition coefficient (Wildman–Crippen LogP) is 2.37. The van der Waals surface area contributed by atoms with Crippen molar-refractivity contribution in [3.8, 4) is 11.5 Å². The Kier molecular flexibility index (Phi) is 10.8. The van der Waals surface area contributed by atoms with E-state index in [1.54, 1.807) is 19.2 Å². The molecule has 160 valence electrons. The van der Waals surface area contributed by atoms with E-state index in [2.05, 4.69) is 20.4 Å². The Morgan fingerprint density at radius 3 is 2.71 bits per heavy atom. The molecule has 1 saturated heterocycles. The molecule has 0 saturated carbocycles.